The van der Waals surface area contributed by atoms with Crippen LogP contribution in [0.3, 0.4) is 0 Å². The lowest BCUT2D eigenvalue weighted by Gasteiger charge is -2.12. The van der Waals surface area contributed by atoms with Crippen molar-refractivity contribution in [2.24, 2.45) is 0 Å². The number of fused-ring (bicyclic) bond motifs is 3. The summed E-state index contributed by atoms with van der Waals surface area (Å²) in [6.07, 6.45) is 3.74. The van der Waals surface area contributed by atoms with Gasteiger partial charge >= 0.3 is 5.97 Å². The van der Waals surface area contributed by atoms with Crippen LogP contribution >= 0.6 is 11.3 Å². The molecule has 5 heteroatoms. The van der Waals surface area contributed by atoms with Crippen molar-refractivity contribution in [2.45, 2.75) is 26.3 Å². The van der Waals surface area contributed by atoms with E-state index in [0.717, 1.165) is 41.1 Å². The summed E-state index contributed by atoms with van der Waals surface area (Å²) in [5.74, 6) is -0.827. The zero-order valence-electron chi connectivity index (χ0n) is 12.7. The van der Waals surface area contributed by atoms with E-state index in [1.54, 1.807) is 0 Å². The maximum atomic E-state index is 11.4. The molecule has 0 saturated carbocycles. The third-order valence-electron chi connectivity index (χ3n) is 4.28. The minimum Gasteiger partial charge on any atom is -0.477 e. The fourth-order valence-corrected chi connectivity index (χ4v) is 4.32. The van der Waals surface area contributed by atoms with Crippen LogP contribution in [0.2, 0.25) is 0 Å². The Morgan fingerprint density at radius 2 is 2.09 bits per heavy atom. The molecule has 0 amide bonds. The van der Waals surface area contributed by atoms with Gasteiger partial charge in [-0.2, -0.15) is 5.10 Å². The molecule has 1 N–H and O–H groups in total. The first-order chi connectivity index (χ1) is 11.1. The second-order valence-electron chi connectivity index (χ2n) is 5.83. The van der Waals surface area contributed by atoms with E-state index in [2.05, 4.69) is 18.3 Å². The number of carbonyl (C=O) groups is 1. The van der Waals surface area contributed by atoms with Gasteiger partial charge in [-0.05, 0) is 36.5 Å². The van der Waals surface area contributed by atoms with Gasteiger partial charge in [-0.1, -0.05) is 30.3 Å². The van der Waals surface area contributed by atoms with Crippen LogP contribution in [-0.2, 0) is 19.4 Å². The number of benzene rings is 1. The van der Waals surface area contributed by atoms with Crippen molar-refractivity contribution in [3.8, 4) is 11.3 Å². The average Bonchev–Trinajstić information content (AvgIpc) is 3.08. The highest BCUT2D eigenvalue weighted by Crippen LogP contribution is 2.41. The third kappa shape index (κ3) is 2.37. The van der Waals surface area contributed by atoms with Gasteiger partial charge in [0, 0.05) is 16.6 Å². The second kappa shape index (κ2) is 5.35. The van der Waals surface area contributed by atoms with Crippen molar-refractivity contribution in [2.75, 3.05) is 0 Å². The standard InChI is InChI=1S/C18H16N2O2S/c1-11-15-14(17(23-11)18(21)22)8-7-13-10-20(19-16(13)15)9-12-5-3-2-4-6-12/h2-6,10H,7-9H2,1H3,(H,21,22). The highest BCUT2D eigenvalue weighted by molar-refractivity contribution is 7.14. The molecule has 0 aliphatic heterocycles. The van der Waals surface area contributed by atoms with Gasteiger partial charge in [0.2, 0.25) is 0 Å². The monoisotopic (exact) mass is 324 g/mol. The zero-order chi connectivity index (χ0) is 16.0. The third-order valence-corrected chi connectivity index (χ3v) is 5.42. The largest absolute Gasteiger partial charge is 0.477 e. The van der Waals surface area contributed by atoms with Crippen molar-refractivity contribution in [3.05, 3.63) is 63.0 Å². The van der Waals surface area contributed by atoms with E-state index in [9.17, 15) is 9.90 Å². The number of hydrogen-bond acceptors (Lipinski definition) is 3. The zero-order valence-corrected chi connectivity index (χ0v) is 13.6. The summed E-state index contributed by atoms with van der Waals surface area (Å²) >= 11 is 1.37. The van der Waals surface area contributed by atoms with Crippen LogP contribution in [0.1, 0.15) is 31.2 Å². The topological polar surface area (TPSA) is 55.1 Å². The smallest absolute Gasteiger partial charge is 0.346 e. The van der Waals surface area contributed by atoms with E-state index in [1.165, 1.54) is 22.5 Å². The van der Waals surface area contributed by atoms with Crippen LogP contribution in [0.25, 0.3) is 11.3 Å². The number of thiophene rings is 1. The molecule has 2 heterocycles. The highest BCUT2D eigenvalue weighted by Gasteiger charge is 2.28. The molecule has 1 aliphatic carbocycles. The first kappa shape index (κ1) is 14.2. The highest BCUT2D eigenvalue weighted by atomic mass is 32.1. The van der Waals surface area contributed by atoms with Crippen LogP contribution in [-0.4, -0.2) is 20.9 Å². The van der Waals surface area contributed by atoms with Crippen molar-refractivity contribution in [1.29, 1.82) is 0 Å². The molecule has 23 heavy (non-hydrogen) atoms. The summed E-state index contributed by atoms with van der Waals surface area (Å²) in [5.41, 5.74) is 5.38. The summed E-state index contributed by atoms with van der Waals surface area (Å²) in [5, 5.41) is 14.1. The van der Waals surface area contributed by atoms with Gasteiger partial charge in [0.1, 0.15) is 4.88 Å². The van der Waals surface area contributed by atoms with Crippen LogP contribution in [0.5, 0.6) is 0 Å². The van der Waals surface area contributed by atoms with Crippen molar-refractivity contribution < 1.29 is 9.90 Å². The fourth-order valence-electron chi connectivity index (χ4n) is 3.28. The van der Waals surface area contributed by atoms with Gasteiger partial charge in [-0.25, -0.2) is 4.79 Å². The van der Waals surface area contributed by atoms with Crippen LogP contribution in [0.15, 0.2) is 36.5 Å². The van der Waals surface area contributed by atoms with Gasteiger partial charge in [0.15, 0.2) is 0 Å². The molecule has 2 aromatic heterocycles. The molecule has 0 unspecified atom stereocenters. The molecule has 4 nitrogen and oxygen atoms in total. The predicted molar refractivity (Wildman–Crippen MR) is 90.2 cm³/mol. The van der Waals surface area contributed by atoms with Crippen LogP contribution in [0, 0.1) is 6.92 Å². The molecule has 0 atom stereocenters. The van der Waals surface area contributed by atoms with Gasteiger partial charge in [-0.15, -0.1) is 11.3 Å². The molecule has 0 bridgehead atoms. The summed E-state index contributed by atoms with van der Waals surface area (Å²) in [7, 11) is 0. The van der Waals surface area contributed by atoms with Crippen LogP contribution in [0.4, 0.5) is 0 Å². The summed E-state index contributed by atoms with van der Waals surface area (Å²) < 4.78 is 1.96. The Morgan fingerprint density at radius 3 is 2.83 bits per heavy atom. The van der Waals surface area contributed by atoms with E-state index < -0.39 is 5.97 Å². The number of carboxylic acid groups (broad SMARTS) is 1. The predicted octanol–water partition coefficient (Wildman–Crippen LogP) is 3.77. The van der Waals surface area contributed by atoms with Gasteiger partial charge in [-0.3, -0.25) is 4.68 Å². The van der Waals surface area contributed by atoms with Crippen molar-refractivity contribution in [3.63, 3.8) is 0 Å². The van der Waals surface area contributed by atoms with Crippen molar-refractivity contribution >= 4 is 17.3 Å². The SMILES string of the molecule is Cc1sc(C(=O)O)c2c1-c1nn(Cc3ccccc3)cc1CC2. The molecule has 0 radical (unpaired) electrons. The number of aryl methyl sites for hydroxylation is 2. The Bertz CT molecular complexity index is 893. The number of aromatic nitrogens is 2. The van der Waals surface area contributed by atoms with Crippen LogP contribution < -0.4 is 0 Å². The maximum absolute atomic E-state index is 11.4. The summed E-state index contributed by atoms with van der Waals surface area (Å²) in [6.45, 7) is 2.72. The van der Waals surface area contributed by atoms with E-state index in [-0.39, 0.29) is 0 Å². The van der Waals surface area contributed by atoms with E-state index in [1.807, 2.05) is 29.8 Å². The molecule has 0 fully saturated rings. The molecule has 0 saturated heterocycles. The Morgan fingerprint density at radius 1 is 1.30 bits per heavy atom. The molecule has 0 spiro atoms. The fraction of sp³-hybridized carbons (Fsp3) is 0.222. The minimum atomic E-state index is -0.827. The molecular weight excluding hydrogens is 308 g/mol. The number of aromatic carboxylic acids is 1. The van der Waals surface area contributed by atoms with Crippen molar-refractivity contribution in [1.82, 2.24) is 9.78 Å². The average molecular weight is 324 g/mol. The lowest BCUT2D eigenvalue weighted by Crippen LogP contribution is -2.05. The number of rotatable bonds is 3. The van der Waals surface area contributed by atoms with E-state index in [0.29, 0.717) is 4.88 Å². The Balaban J connectivity index is 1.76. The molecule has 116 valence electrons. The molecule has 3 aromatic rings. The molecular formula is C18H16N2O2S. The molecule has 1 aliphatic rings. The second-order valence-corrected chi connectivity index (χ2v) is 7.06. The number of nitrogens with zero attached hydrogens (tertiary/aromatic N) is 2. The number of carboxylic acids is 1. The number of hydrogen-bond donors (Lipinski definition) is 1. The first-order valence-electron chi connectivity index (χ1n) is 7.59. The summed E-state index contributed by atoms with van der Waals surface area (Å²) in [6, 6.07) is 10.2. The Labute approximate surface area is 138 Å². The van der Waals surface area contributed by atoms with Gasteiger partial charge < -0.3 is 5.11 Å². The Kier molecular flexibility index (Phi) is 3.31. The Hall–Kier alpha value is -2.40. The first-order valence-corrected chi connectivity index (χ1v) is 8.41. The lowest BCUT2D eigenvalue weighted by atomic mass is 9.91. The molecule has 4 rings (SSSR count). The van der Waals surface area contributed by atoms with Gasteiger partial charge in [0.05, 0.1) is 12.2 Å². The lowest BCUT2D eigenvalue weighted by molar-refractivity contribution is 0.0701. The van der Waals surface area contributed by atoms with Gasteiger partial charge in [0.25, 0.3) is 0 Å². The van der Waals surface area contributed by atoms with E-state index in [4.69, 9.17) is 5.10 Å². The summed E-state index contributed by atoms with van der Waals surface area (Å²) in [4.78, 5) is 12.9. The minimum absolute atomic E-state index is 0.473. The normalized spacial score (nSPS) is 12.7. The molecule has 1 aromatic carbocycles. The maximum Gasteiger partial charge on any atom is 0.346 e. The van der Waals surface area contributed by atoms with E-state index >= 15 is 0 Å². The quantitative estimate of drug-likeness (QED) is 0.798.